The van der Waals surface area contributed by atoms with Gasteiger partial charge >= 0.3 is 6.09 Å². The fraction of sp³-hybridized carbons (Fsp3) is 0.400. The molecule has 0 saturated carbocycles. The summed E-state index contributed by atoms with van der Waals surface area (Å²) in [4.78, 5) is 24.8. The van der Waals surface area contributed by atoms with Gasteiger partial charge in [0.2, 0.25) is 0 Å². The molecule has 1 amide bonds. The smallest absolute Gasteiger partial charge is 0.408 e. The molecule has 1 atom stereocenters. The number of ketones is 1. The number of rotatable bonds is 8. The van der Waals surface area contributed by atoms with Crippen molar-refractivity contribution in [3.05, 3.63) is 59.8 Å². The highest BCUT2D eigenvalue weighted by Crippen LogP contribution is 2.15. The van der Waals surface area contributed by atoms with Crippen molar-refractivity contribution in [2.24, 2.45) is 0 Å². The summed E-state index contributed by atoms with van der Waals surface area (Å²) in [6.45, 7) is 5.26. The Kier molecular flexibility index (Phi) is 7.47. The quantitative estimate of drug-likeness (QED) is 0.722. The molecule has 1 aromatic heterocycles. The number of furan rings is 1. The second-order valence-corrected chi connectivity index (χ2v) is 8.05. The van der Waals surface area contributed by atoms with Gasteiger partial charge in [-0.25, -0.2) is 9.18 Å². The van der Waals surface area contributed by atoms with Crippen LogP contribution in [0.1, 0.15) is 32.1 Å². The number of carbonyl (C=O) groups is 2. The monoisotopic (exact) mass is 393 g/mol. The van der Waals surface area contributed by atoms with Gasteiger partial charge in [0.25, 0.3) is 0 Å². The third-order valence-corrected chi connectivity index (χ3v) is 4.48. The molecule has 146 valence electrons. The number of hydrogen-bond donors (Lipinski definition) is 1. The van der Waals surface area contributed by atoms with Gasteiger partial charge in [-0.05, 0) is 57.0 Å². The highest BCUT2D eigenvalue weighted by atomic mass is 32.2. The van der Waals surface area contributed by atoms with Crippen LogP contribution in [0.3, 0.4) is 0 Å². The van der Waals surface area contributed by atoms with Crippen LogP contribution in [0, 0.1) is 5.82 Å². The van der Waals surface area contributed by atoms with Gasteiger partial charge in [-0.2, -0.15) is 0 Å². The van der Waals surface area contributed by atoms with Crippen molar-refractivity contribution in [3.63, 3.8) is 0 Å². The van der Waals surface area contributed by atoms with Gasteiger partial charge in [-0.1, -0.05) is 12.1 Å². The second-order valence-electron chi connectivity index (χ2n) is 7.07. The van der Waals surface area contributed by atoms with Gasteiger partial charge in [0.1, 0.15) is 17.2 Å². The summed E-state index contributed by atoms with van der Waals surface area (Å²) in [6.07, 6.45) is 1.19. The Labute approximate surface area is 162 Å². The topological polar surface area (TPSA) is 68.5 Å². The zero-order valence-electron chi connectivity index (χ0n) is 15.7. The summed E-state index contributed by atoms with van der Waals surface area (Å²) in [5.41, 5.74) is 0.0866. The summed E-state index contributed by atoms with van der Waals surface area (Å²) in [7, 11) is 0. The molecule has 0 spiro atoms. The summed E-state index contributed by atoms with van der Waals surface area (Å²) in [5, 5.41) is 2.64. The molecule has 0 saturated heterocycles. The lowest BCUT2D eigenvalue weighted by atomic mass is 10.0. The van der Waals surface area contributed by atoms with E-state index in [1.54, 1.807) is 45.2 Å². The fourth-order valence-corrected chi connectivity index (χ4v) is 3.17. The van der Waals surface area contributed by atoms with E-state index in [0.717, 1.165) is 11.3 Å². The molecule has 1 N–H and O–H groups in total. The molecule has 0 aliphatic heterocycles. The van der Waals surface area contributed by atoms with E-state index in [2.05, 4.69) is 5.32 Å². The Morgan fingerprint density at radius 2 is 1.93 bits per heavy atom. The van der Waals surface area contributed by atoms with Crippen LogP contribution in [0.25, 0.3) is 0 Å². The van der Waals surface area contributed by atoms with Crippen LogP contribution in [-0.4, -0.2) is 29.3 Å². The Bertz CT molecular complexity index is 738. The number of halogens is 1. The van der Waals surface area contributed by atoms with Crippen molar-refractivity contribution >= 4 is 23.6 Å². The van der Waals surface area contributed by atoms with Crippen LogP contribution >= 0.6 is 11.8 Å². The molecule has 0 radical (unpaired) electrons. The summed E-state index contributed by atoms with van der Waals surface area (Å²) in [6, 6.07) is 8.73. The molecule has 0 fully saturated rings. The third kappa shape index (κ3) is 7.86. The molecule has 0 bridgehead atoms. The van der Waals surface area contributed by atoms with E-state index in [4.69, 9.17) is 9.15 Å². The van der Waals surface area contributed by atoms with Crippen LogP contribution in [0.15, 0.2) is 47.1 Å². The molecular formula is C20H24FNO4S. The third-order valence-electron chi connectivity index (χ3n) is 3.50. The number of thioether (sulfide) groups is 1. The average molecular weight is 393 g/mol. The summed E-state index contributed by atoms with van der Waals surface area (Å²) in [5.74, 6) is 1.07. The lowest BCUT2D eigenvalue weighted by Gasteiger charge is -2.23. The molecule has 1 heterocycles. The van der Waals surface area contributed by atoms with E-state index < -0.39 is 17.7 Å². The Morgan fingerprint density at radius 1 is 1.22 bits per heavy atom. The van der Waals surface area contributed by atoms with E-state index in [0.29, 0.717) is 5.75 Å². The van der Waals surface area contributed by atoms with Gasteiger partial charge in [-0.3, -0.25) is 4.79 Å². The van der Waals surface area contributed by atoms with Crippen LogP contribution < -0.4 is 5.32 Å². The predicted octanol–water partition coefficient (Wildman–Crippen LogP) is 4.36. The highest BCUT2D eigenvalue weighted by molar-refractivity contribution is 7.99. The second kappa shape index (κ2) is 9.60. The van der Waals surface area contributed by atoms with Crippen LogP contribution in [0.4, 0.5) is 9.18 Å². The van der Waals surface area contributed by atoms with Crippen LogP contribution in [0.5, 0.6) is 0 Å². The number of nitrogens with one attached hydrogen (secondary N) is 1. The number of alkyl carbamates (subject to hydrolysis) is 1. The first kappa shape index (κ1) is 21.0. The maximum absolute atomic E-state index is 13.1. The van der Waals surface area contributed by atoms with Gasteiger partial charge < -0.3 is 14.5 Å². The van der Waals surface area contributed by atoms with Gasteiger partial charge in [0.05, 0.1) is 23.8 Å². The normalized spacial score (nSPS) is 12.4. The van der Waals surface area contributed by atoms with Crippen LogP contribution in [-0.2, 0) is 21.7 Å². The molecule has 1 aromatic carbocycles. The van der Waals surface area contributed by atoms with Crippen molar-refractivity contribution in [3.8, 4) is 0 Å². The largest absolute Gasteiger partial charge is 0.468 e. The Morgan fingerprint density at radius 3 is 2.52 bits per heavy atom. The van der Waals surface area contributed by atoms with E-state index in [1.165, 1.54) is 23.9 Å². The van der Waals surface area contributed by atoms with Crippen molar-refractivity contribution in [2.75, 3.05) is 5.75 Å². The maximum atomic E-state index is 13.1. The van der Waals surface area contributed by atoms with E-state index in [9.17, 15) is 14.0 Å². The van der Waals surface area contributed by atoms with Crippen molar-refractivity contribution in [2.45, 2.75) is 44.6 Å². The zero-order valence-corrected chi connectivity index (χ0v) is 16.5. The number of ether oxygens (including phenoxy) is 1. The van der Waals surface area contributed by atoms with Crippen molar-refractivity contribution in [1.29, 1.82) is 0 Å². The zero-order chi connectivity index (χ0) is 19.9. The molecule has 0 aliphatic rings. The maximum Gasteiger partial charge on any atom is 0.408 e. The minimum Gasteiger partial charge on any atom is -0.468 e. The molecule has 2 rings (SSSR count). The number of benzene rings is 1. The first-order valence-corrected chi connectivity index (χ1v) is 9.75. The number of carbonyl (C=O) groups excluding carboxylic acids is 2. The average Bonchev–Trinajstić information content (AvgIpc) is 3.08. The minimum atomic E-state index is -0.755. The molecule has 7 heteroatoms. The van der Waals surface area contributed by atoms with Crippen LogP contribution in [0.2, 0.25) is 0 Å². The number of Topliss-reactive ketones (excluding diaryl/α,β-unsaturated/α-hetero) is 1. The fourth-order valence-electron chi connectivity index (χ4n) is 2.30. The lowest BCUT2D eigenvalue weighted by molar-refractivity contribution is -0.118. The lowest BCUT2D eigenvalue weighted by Crippen LogP contribution is -2.45. The Balaban J connectivity index is 1.99. The first-order valence-electron chi connectivity index (χ1n) is 8.60. The molecular weight excluding hydrogens is 369 g/mol. The van der Waals surface area contributed by atoms with E-state index in [1.807, 2.05) is 6.07 Å². The summed E-state index contributed by atoms with van der Waals surface area (Å²) < 4.78 is 23.6. The highest BCUT2D eigenvalue weighted by Gasteiger charge is 2.24. The molecule has 5 nitrogen and oxygen atoms in total. The first-order chi connectivity index (χ1) is 12.7. The van der Waals surface area contributed by atoms with Gasteiger partial charge in [0.15, 0.2) is 5.78 Å². The van der Waals surface area contributed by atoms with E-state index >= 15 is 0 Å². The minimum absolute atomic E-state index is 0.137. The molecule has 0 unspecified atom stereocenters. The van der Waals surface area contributed by atoms with Crippen molar-refractivity contribution < 1.29 is 23.1 Å². The molecule has 2 aromatic rings. The predicted molar refractivity (Wildman–Crippen MR) is 103 cm³/mol. The number of amides is 1. The number of hydrogen-bond acceptors (Lipinski definition) is 5. The molecule has 0 aliphatic carbocycles. The van der Waals surface area contributed by atoms with E-state index in [-0.39, 0.29) is 23.8 Å². The SMILES string of the molecule is CC(C)(C)OC(=O)N[C@@H](Cc1ccc(F)cc1)C(=O)CSCc1ccco1. The summed E-state index contributed by atoms with van der Waals surface area (Å²) >= 11 is 1.41. The van der Waals surface area contributed by atoms with Gasteiger partial charge in [-0.15, -0.1) is 11.8 Å². The Hall–Kier alpha value is -2.28. The molecule has 27 heavy (non-hydrogen) atoms. The standard InChI is InChI=1S/C20H24FNO4S/c1-20(2,3)26-19(24)22-17(11-14-6-8-15(21)9-7-14)18(23)13-27-12-16-5-4-10-25-16/h4-10,17H,11-13H2,1-3H3,(H,22,24)/t17-/m0/s1. The van der Waals surface area contributed by atoms with Crippen molar-refractivity contribution in [1.82, 2.24) is 5.32 Å². The van der Waals surface area contributed by atoms with Gasteiger partial charge in [0, 0.05) is 0 Å².